The number of rotatable bonds is 11. The molecular weight excluding hydrogens is 520 g/mol. The first-order chi connectivity index (χ1) is 18.7. The van der Waals surface area contributed by atoms with Gasteiger partial charge in [0.1, 0.15) is 12.3 Å². The molecule has 206 valence electrons. The van der Waals surface area contributed by atoms with Crippen LogP contribution in [0.1, 0.15) is 29.5 Å². The van der Waals surface area contributed by atoms with Crippen LogP contribution in [-0.2, 0) is 27.9 Å². The van der Waals surface area contributed by atoms with Crippen LogP contribution in [-0.4, -0.2) is 50.9 Å². The number of hydrogen-bond donors (Lipinski definition) is 1. The zero-order chi connectivity index (χ0) is 28.0. The van der Waals surface area contributed by atoms with E-state index in [1.165, 1.54) is 51.1 Å². The van der Waals surface area contributed by atoms with Crippen molar-refractivity contribution < 1.29 is 22.9 Å². The lowest BCUT2D eigenvalue weighted by Gasteiger charge is -2.24. The number of nitrogens with one attached hydrogen (secondary N) is 1. The fourth-order valence-corrected chi connectivity index (χ4v) is 6.00. The van der Waals surface area contributed by atoms with Crippen molar-refractivity contribution in [1.82, 2.24) is 10.2 Å². The first-order valence-corrected chi connectivity index (χ1v) is 14.1. The molecule has 0 spiro atoms. The normalized spacial score (nSPS) is 13.7. The number of nitrogens with zero attached hydrogens (tertiary/aromatic N) is 3. The fourth-order valence-electron chi connectivity index (χ4n) is 4.56. The summed E-state index contributed by atoms with van der Waals surface area (Å²) in [6.07, 6.45) is 2.42. The average Bonchev–Trinajstić information content (AvgIpc) is 3.44. The summed E-state index contributed by atoms with van der Waals surface area (Å²) < 4.78 is 33.5. The predicted octanol–water partition coefficient (Wildman–Crippen LogP) is 4.02. The molecule has 1 aliphatic rings. The Hall–Kier alpha value is -3.96. The van der Waals surface area contributed by atoms with Crippen LogP contribution in [0.15, 0.2) is 71.6 Å². The van der Waals surface area contributed by atoms with Gasteiger partial charge in [0, 0.05) is 24.7 Å². The maximum Gasteiger partial charge on any atom is 0.273 e. The molecule has 1 fully saturated rings. The summed E-state index contributed by atoms with van der Waals surface area (Å²) in [4.78, 5) is 26.0. The van der Waals surface area contributed by atoms with E-state index < -0.39 is 27.4 Å². The number of likely N-dealkylation sites (tertiary alicyclic amines) is 1. The smallest absolute Gasteiger partial charge is 0.273 e. The summed E-state index contributed by atoms with van der Waals surface area (Å²) in [5.41, 5.74) is 2.31. The van der Waals surface area contributed by atoms with Gasteiger partial charge < -0.3 is 10.1 Å². The second kappa shape index (κ2) is 12.3. The summed E-state index contributed by atoms with van der Waals surface area (Å²) in [6.45, 7) is 4.28. The second-order valence-electron chi connectivity index (χ2n) is 9.50. The molecule has 4 rings (SSSR count). The molecule has 11 heteroatoms. The van der Waals surface area contributed by atoms with Crippen LogP contribution in [0.2, 0.25) is 0 Å². The van der Waals surface area contributed by atoms with Crippen molar-refractivity contribution in [3.05, 3.63) is 93.5 Å². The van der Waals surface area contributed by atoms with Gasteiger partial charge in [-0.25, -0.2) is 8.42 Å². The SMILES string of the molecule is COc1ccc(N(CC(=O)NCc2cccc(CN3CCCC3)c2)S(=O)(=O)c2ccc(C)c([N+](=O)[O-])c2)cc1. The first-order valence-electron chi connectivity index (χ1n) is 12.7. The Morgan fingerprint density at radius 1 is 1.05 bits per heavy atom. The summed E-state index contributed by atoms with van der Waals surface area (Å²) >= 11 is 0. The van der Waals surface area contributed by atoms with Gasteiger partial charge in [-0.1, -0.05) is 30.3 Å². The Balaban J connectivity index is 1.54. The number of carbonyl (C=O) groups is 1. The number of nitro benzene ring substituents is 1. The molecule has 1 N–H and O–H groups in total. The first kappa shape index (κ1) is 28.1. The minimum Gasteiger partial charge on any atom is -0.497 e. The van der Waals surface area contributed by atoms with Gasteiger partial charge in [-0.2, -0.15) is 0 Å². The summed E-state index contributed by atoms with van der Waals surface area (Å²) in [5, 5.41) is 14.3. The average molecular weight is 553 g/mol. The molecule has 1 amide bonds. The van der Waals surface area contributed by atoms with Crippen molar-refractivity contribution >= 4 is 27.3 Å². The predicted molar refractivity (Wildman–Crippen MR) is 148 cm³/mol. The fraction of sp³-hybridized carbons (Fsp3) is 0.321. The number of hydrogen-bond acceptors (Lipinski definition) is 7. The molecule has 1 heterocycles. The van der Waals surface area contributed by atoms with Crippen LogP contribution in [0.4, 0.5) is 11.4 Å². The number of benzene rings is 3. The maximum atomic E-state index is 13.7. The van der Waals surface area contributed by atoms with Gasteiger partial charge in [-0.15, -0.1) is 0 Å². The third-order valence-corrected chi connectivity index (χ3v) is 8.47. The van der Waals surface area contributed by atoms with Crippen LogP contribution in [0, 0.1) is 17.0 Å². The van der Waals surface area contributed by atoms with Crippen molar-refractivity contribution in [3.8, 4) is 5.75 Å². The molecule has 0 aromatic heterocycles. The van der Waals surface area contributed by atoms with Crippen molar-refractivity contribution in [1.29, 1.82) is 0 Å². The Labute approximate surface area is 228 Å². The van der Waals surface area contributed by atoms with Crippen molar-refractivity contribution in [2.75, 3.05) is 31.0 Å². The molecule has 0 unspecified atom stereocenters. The van der Waals surface area contributed by atoms with E-state index in [4.69, 9.17) is 4.74 Å². The second-order valence-corrected chi connectivity index (χ2v) is 11.4. The highest BCUT2D eigenvalue weighted by molar-refractivity contribution is 7.92. The van der Waals surface area contributed by atoms with Gasteiger partial charge in [0.25, 0.3) is 15.7 Å². The molecular formula is C28H32N4O6S. The molecule has 39 heavy (non-hydrogen) atoms. The van der Waals surface area contributed by atoms with Crippen LogP contribution >= 0.6 is 0 Å². The highest BCUT2D eigenvalue weighted by atomic mass is 32.2. The summed E-state index contributed by atoms with van der Waals surface area (Å²) in [6, 6.07) is 17.9. The zero-order valence-electron chi connectivity index (χ0n) is 22.0. The van der Waals surface area contributed by atoms with Crippen LogP contribution in [0.3, 0.4) is 0 Å². The number of methoxy groups -OCH3 is 1. The van der Waals surface area contributed by atoms with Crippen molar-refractivity contribution in [2.24, 2.45) is 0 Å². The van der Waals surface area contributed by atoms with Crippen molar-refractivity contribution in [2.45, 2.75) is 37.8 Å². The minimum absolute atomic E-state index is 0.224. The number of sulfonamides is 1. The third kappa shape index (κ3) is 6.92. The molecule has 0 bridgehead atoms. The molecule has 0 atom stereocenters. The van der Waals surface area contributed by atoms with E-state index in [1.54, 1.807) is 12.1 Å². The standard InChI is InChI=1S/C28H32N4O6S/c1-21-8-13-26(17-27(21)32(34)35)39(36,37)31(24-9-11-25(38-2)12-10-24)20-28(33)29-18-22-6-5-7-23(16-22)19-30-14-3-4-15-30/h5-13,16-17H,3-4,14-15,18-20H2,1-2H3,(H,29,33). The number of aryl methyl sites for hydroxylation is 1. The van der Waals surface area contributed by atoms with Gasteiger partial charge in [-0.05, 0) is 74.3 Å². The minimum atomic E-state index is -4.32. The van der Waals surface area contributed by atoms with Crippen molar-refractivity contribution in [3.63, 3.8) is 0 Å². The number of amides is 1. The summed E-state index contributed by atoms with van der Waals surface area (Å²) in [7, 11) is -2.83. The number of anilines is 1. The van der Waals surface area contributed by atoms with Gasteiger partial charge >= 0.3 is 0 Å². The monoisotopic (exact) mass is 552 g/mol. The van der Waals surface area contributed by atoms with E-state index in [2.05, 4.69) is 16.3 Å². The lowest BCUT2D eigenvalue weighted by Crippen LogP contribution is -2.40. The van der Waals surface area contributed by atoms with E-state index in [0.29, 0.717) is 11.3 Å². The molecule has 3 aromatic rings. The van der Waals surface area contributed by atoms with Crippen LogP contribution in [0.25, 0.3) is 0 Å². The number of nitro groups is 1. The molecule has 0 saturated carbocycles. The molecule has 0 radical (unpaired) electrons. The van der Waals surface area contributed by atoms with E-state index >= 15 is 0 Å². The zero-order valence-corrected chi connectivity index (χ0v) is 22.8. The number of carbonyl (C=O) groups excluding carboxylic acids is 1. The van der Waals surface area contributed by atoms with Gasteiger partial charge in [0.05, 0.1) is 22.6 Å². The Kier molecular flexibility index (Phi) is 8.82. The van der Waals surface area contributed by atoms with Crippen LogP contribution < -0.4 is 14.4 Å². The molecule has 1 aliphatic heterocycles. The lowest BCUT2D eigenvalue weighted by atomic mass is 10.1. The van der Waals surface area contributed by atoms with E-state index in [9.17, 15) is 23.3 Å². The highest BCUT2D eigenvalue weighted by Gasteiger charge is 2.29. The topological polar surface area (TPSA) is 122 Å². The Bertz CT molecular complexity index is 1440. The van der Waals surface area contributed by atoms with Gasteiger partial charge in [0.2, 0.25) is 5.91 Å². The van der Waals surface area contributed by atoms with E-state index in [0.717, 1.165) is 41.1 Å². The molecule has 1 saturated heterocycles. The number of ether oxygens (including phenoxy) is 1. The maximum absolute atomic E-state index is 13.7. The largest absolute Gasteiger partial charge is 0.497 e. The molecule has 0 aliphatic carbocycles. The van der Waals surface area contributed by atoms with Crippen LogP contribution in [0.5, 0.6) is 5.75 Å². The third-order valence-electron chi connectivity index (χ3n) is 6.70. The van der Waals surface area contributed by atoms with E-state index in [-0.39, 0.29) is 22.8 Å². The molecule has 10 nitrogen and oxygen atoms in total. The highest BCUT2D eigenvalue weighted by Crippen LogP contribution is 2.29. The summed E-state index contributed by atoms with van der Waals surface area (Å²) in [5.74, 6) is 0.00119. The van der Waals surface area contributed by atoms with Gasteiger partial charge in [0.15, 0.2) is 0 Å². The Morgan fingerprint density at radius 3 is 2.41 bits per heavy atom. The quantitative estimate of drug-likeness (QED) is 0.282. The van der Waals surface area contributed by atoms with Gasteiger partial charge in [-0.3, -0.25) is 24.1 Å². The Morgan fingerprint density at radius 2 is 1.74 bits per heavy atom. The van der Waals surface area contributed by atoms with E-state index in [1.807, 2.05) is 18.2 Å². The lowest BCUT2D eigenvalue weighted by molar-refractivity contribution is -0.385. The molecule has 3 aromatic carbocycles.